The fourth-order valence-electron chi connectivity index (χ4n) is 2.11. The lowest BCUT2D eigenvalue weighted by Crippen LogP contribution is -2.34. The van der Waals surface area contributed by atoms with Crippen molar-refractivity contribution in [2.45, 2.75) is 18.9 Å². The van der Waals surface area contributed by atoms with Crippen LogP contribution in [0.25, 0.3) is 0 Å². The van der Waals surface area contributed by atoms with E-state index in [1.54, 1.807) is 11.9 Å². The Bertz CT molecular complexity index is 445. The second-order valence-corrected chi connectivity index (χ2v) is 4.55. The maximum atomic E-state index is 12.9. The van der Waals surface area contributed by atoms with Gasteiger partial charge in [-0.3, -0.25) is 4.79 Å². The summed E-state index contributed by atoms with van der Waals surface area (Å²) in [5.41, 5.74) is 6.15. The molecule has 2 N–H and O–H groups in total. The predicted octanol–water partition coefficient (Wildman–Crippen LogP) is 1.66. The SMILES string of the molecule is CN(CC1CCCO1)C(=O)c1ccc(F)cc1N. The molecule has 0 saturated carbocycles. The molecule has 1 fully saturated rings. The van der Waals surface area contributed by atoms with Crippen molar-refractivity contribution in [3.63, 3.8) is 0 Å². The minimum absolute atomic E-state index is 0.0978. The van der Waals surface area contributed by atoms with Crippen molar-refractivity contribution >= 4 is 11.6 Å². The van der Waals surface area contributed by atoms with Crippen molar-refractivity contribution < 1.29 is 13.9 Å². The van der Waals surface area contributed by atoms with Gasteiger partial charge in [0.1, 0.15) is 5.82 Å². The van der Waals surface area contributed by atoms with Gasteiger partial charge in [-0.15, -0.1) is 0 Å². The highest BCUT2D eigenvalue weighted by Crippen LogP contribution is 2.17. The van der Waals surface area contributed by atoms with Crippen LogP contribution in [-0.2, 0) is 4.74 Å². The van der Waals surface area contributed by atoms with Gasteiger partial charge in [0, 0.05) is 25.9 Å². The van der Waals surface area contributed by atoms with Gasteiger partial charge in [0.15, 0.2) is 0 Å². The highest BCUT2D eigenvalue weighted by atomic mass is 19.1. The molecule has 1 amide bonds. The van der Waals surface area contributed by atoms with E-state index < -0.39 is 5.82 Å². The summed E-state index contributed by atoms with van der Waals surface area (Å²) < 4.78 is 18.4. The van der Waals surface area contributed by atoms with E-state index in [0.29, 0.717) is 12.1 Å². The lowest BCUT2D eigenvalue weighted by atomic mass is 10.1. The van der Waals surface area contributed by atoms with Gasteiger partial charge in [-0.1, -0.05) is 0 Å². The molecule has 0 spiro atoms. The molecule has 1 saturated heterocycles. The van der Waals surface area contributed by atoms with Gasteiger partial charge >= 0.3 is 0 Å². The highest BCUT2D eigenvalue weighted by Gasteiger charge is 2.21. The van der Waals surface area contributed by atoms with Crippen LogP contribution in [0.15, 0.2) is 18.2 Å². The Balaban J connectivity index is 2.05. The molecule has 2 rings (SSSR count). The summed E-state index contributed by atoms with van der Waals surface area (Å²) in [6.45, 7) is 1.29. The fourth-order valence-corrected chi connectivity index (χ4v) is 2.11. The first-order valence-corrected chi connectivity index (χ1v) is 6.00. The molecule has 1 aliphatic heterocycles. The molecule has 1 unspecified atom stereocenters. The van der Waals surface area contributed by atoms with Crippen molar-refractivity contribution in [2.24, 2.45) is 0 Å². The molecule has 1 aliphatic rings. The van der Waals surface area contributed by atoms with E-state index in [1.807, 2.05) is 0 Å². The van der Waals surface area contributed by atoms with Crippen molar-refractivity contribution in [1.82, 2.24) is 4.90 Å². The number of amides is 1. The first kappa shape index (κ1) is 12.8. The number of rotatable bonds is 3. The van der Waals surface area contributed by atoms with Crippen LogP contribution in [-0.4, -0.2) is 37.1 Å². The first-order chi connectivity index (χ1) is 8.58. The van der Waals surface area contributed by atoms with Gasteiger partial charge in [0.25, 0.3) is 5.91 Å². The molecule has 18 heavy (non-hydrogen) atoms. The zero-order valence-corrected chi connectivity index (χ0v) is 10.4. The van der Waals surface area contributed by atoms with Gasteiger partial charge in [0.2, 0.25) is 0 Å². The van der Waals surface area contributed by atoms with E-state index in [9.17, 15) is 9.18 Å². The van der Waals surface area contributed by atoms with Gasteiger partial charge < -0.3 is 15.4 Å². The molecular weight excluding hydrogens is 235 g/mol. The van der Waals surface area contributed by atoms with Gasteiger partial charge in [-0.05, 0) is 31.0 Å². The topological polar surface area (TPSA) is 55.6 Å². The Labute approximate surface area is 106 Å². The molecular formula is C13H17FN2O2. The molecule has 1 aromatic carbocycles. The maximum Gasteiger partial charge on any atom is 0.255 e. The third-order valence-electron chi connectivity index (χ3n) is 3.09. The van der Waals surface area contributed by atoms with Crippen LogP contribution in [0.1, 0.15) is 23.2 Å². The number of carbonyl (C=O) groups excluding carboxylic acids is 1. The van der Waals surface area contributed by atoms with E-state index in [2.05, 4.69) is 0 Å². The van der Waals surface area contributed by atoms with E-state index in [0.717, 1.165) is 25.5 Å². The van der Waals surface area contributed by atoms with Crippen LogP contribution >= 0.6 is 0 Å². The Morgan fingerprint density at radius 2 is 2.39 bits per heavy atom. The highest BCUT2D eigenvalue weighted by molar-refractivity contribution is 5.98. The molecule has 98 valence electrons. The summed E-state index contributed by atoms with van der Waals surface area (Å²) in [5, 5.41) is 0. The molecule has 5 heteroatoms. The summed E-state index contributed by atoms with van der Waals surface area (Å²) in [4.78, 5) is 13.7. The van der Waals surface area contributed by atoms with Crippen LogP contribution in [0.2, 0.25) is 0 Å². The average Bonchev–Trinajstić information content (AvgIpc) is 2.81. The number of anilines is 1. The Morgan fingerprint density at radius 3 is 3.00 bits per heavy atom. The van der Waals surface area contributed by atoms with Crippen LogP contribution in [0.5, 0.6) is 0 Å². The Kier molecular flexibility index (Phi) is 3.81. The summed E-state index contributed by atoms with van der Waals surface area (Å²) in [6, 6.07) is 3.82. The lowest BCUT2D eigenvalue weighted by molar-refractivity contribution is 0.0588. The second-order valence-electron chi connectivity index (χ2n) is 4.55. The first-order valence-electron chi connectivity index (χ1n) is 6.00. The fraction of sp³-hybridized carbons (Fsp3) is 0.462. The number of hydrogen-bond acceptors (Lipinski definition) is 3. The largest absolute Gasteiger partial charge is 0.398 e. The molecule has 0 aromatic heterocycles. The number of ether oxygens (including phenoxy) is 1. The zero-order valence-electron chi connectivity index (χ0n) is 10.4. The maximum absolute atomic E-state index is 12.9. The number of nitrogen functional groups attached to an aromatic ring is 1. The summed E-state index contributed by atoms with van der Waals surface area (Å²) in [6.07, 6.45) is 2.10. The van der Waals surface area contributed by atoms with E-state index in [1.165, 1.54) is 12.1 Å². The van der Waals surface area contributed by atoms with Crippen molar-refractivity contribution in [3.05, 3.63) is 29.6 Å². The van der Waals surface area contributed by atoms with E-state index >= 15 is 0 Å². The standard InChI is InChI=1S/C13H17FN2O2/c1-16(8-10-3-2-6-18-10)13(17)11-5-4-9(14)7-12(11)15/h4-5,7,10H,2-3,6,8,15H2,1H3. The molecule has 1 aromatic rings. The number of hydrogen-bond donors (Lipinski definition) is 1. The number of nitrogens with zero attached hydrogens (tertiary/aromatic N) is 1. The summed E-state index contributed by atoms with van der Waals surface area (Å²) >= 11 is 0. The lowest BCUT2D eigenvalue weighted by Gasteiger charge is -2.21. The number of halogens is 1. The van der Waals surface area contributed by atoms with E-state index in [4.69, 9.17) is 10.5 Å². The minimum atomic E-state index is -0.439. The third-order valence-corrected chi connectivity index (χ3v) is 3.09. The van der Waals surface area contributed by atoms with Crippen LogP contribution in [0.3, 0.4) is 0 Å². The monoisotopic (exact) mass is 252 g/mol. The average molecular weight is 252 g/mol. The quantitative estimate of drug-likeness (QED) is 0.832. The van der Waals surface area contributed by atoms with Gasteiger partial charge in [-0.2, -0.15) is 0 Å². The van der Waals surface area contributed by atoms with Gasteiger partial charge in [0.05, 0.1) is 11.7 Å². The molecule has 4 nitrogen and oxygen atoms in total. The number of benzene rings is 1. The summed E-state index contributed by atoms with van der Waals surface area (Å²) in [5.74, 6) is -0.645. The Morgan fingerprint density at radius 1 is 1.61 bits per heavy atom. The third kappa shape index (κ3) is 2.79. The van der Waals surface area contributed by atoms with Crippen LogP contribution in [0, 0.1) is 5.82 Å². The van der Waals surface area contributed by atoms with Crippen molar-refractivity contribution in [2.75, 3.05) is 25.9 Å². The summed E-state index contributed by atoms with van der Waals surface area (Å²) in [7, 11) is 1.70. The van der Waals surface area contributed by atoms with Crippen molar-refractivity contribution in [1.29, 1.82) is 0 Å². The number of likely N-dealkylation sites (N-methyl/N-ethyl adjacent to an activating group) is 1. The van der Waals surface area contributed by atoms with Gasteiger partial charge in [-0.25, -0.2) is 4.39 Å². The minimum Gasteiger partial charge on any atom is -0.398 e. The normalized spacial score (nSPS) is 18.9. The van der Waals surface area contributed by atoms with Crippen LogP contribution in [0.4, 0.5) is 10.1 Å². The van der Waals surface area contributed by atoms with Crippen LogP contribution < -0.4 is 5.73 Å². The number of nitrogens with two attached hydrogens (primary N) is 1. The van der Waals surface area contributed by atoms with Crippen molar-refractivity contribution in [3.8, 4) is 0 Å². The molecule has 1 heterocycles. The molecule has 0 bridgehead atoms. The molecule has 0 aliphatic carbocycles. The molecule has 1 atom stereocenters. The zero-order chi connectivity index (χ0) is 13.1. The second kappa shape index (κ2) is 5.35. The Hall–Kier alpha value is -1.62. The molecule has 0 radical (unpaired) electrons. The predicted molar refractivity (Wildman–Crippen MR) is 66.7 cm³/mol. The number of carbonyl (C=O) groups is 1. The van der Waals surface area contributed by atoms with E-state index in [-0.39, 0.29) is 17.7 Å². The smallest absolute Gasteiger partial charge is 0.255 e.